The van der Waals surface area contributed by atoms with Gasteiger partial charge in [0.15, 0.2) is 0 Å². The Kier molecular flexibility index (Phi) is 5.23. The molecule has 76 valence electrons. The zero-order chi connectivity index (χ0) is 9.52. The van der Waals surface area contributed by atoms with Crippen LogP contribution in [0.25, 0.3) is 0 Å². The minimum absolute atomic E-state index is 0.257. The molecule has 0 N–H and O–H groups in total. The number of unbranched alkanes of at least 4 members (excludes halogenated alkanes) is 1. The summed E-state index contributed by atoms with van der Waals surface area (Å²) in [7, 11) is 0. The van der Waals surface area contributed by atoms with E-state index in [4.69, 9.17) is 4.18 Å². The normalized spacial score (nSPS) is 22.2. The van der Waals surface area contributed by atoms with Gasteiger partial charge >= 0.3 is 0 Å². The minimum atomic E-state index is 0.257. The lowest BCUT2D eigenvalue weighted by Crippen LogP contribution is -2.20. The number of carbonyl (C=O) groups is 1. The van der Waals surface area contributed by atoms with Crippen LogP contribution in [0.5, 0.6) is 0 Å². The van der Waals surface area contributed by atoms with Crippen LogP contribution in [0.2, 0.25) is 0 Å². The maximum absolute atomic E-state index is 10.4. The fraction of sp³-hybridized carbons (Fsp3) is 0.889. The second-order valence-electron chi connectivity index (χ2n) is 3.28. The lowest BCUT2D eigenvalue weighted by atomic mass is 10.3. The molecule has 13 heavy (non-hydrogen) atoms. The van der Waals surface area contributed by atoms with Crippen molar-refractivity contribution in [1.82, 2.24) is 4.90 Å². The summed E-state index contributed by atoms with van der Waals surface area (Å²) < 4.78 is 5.55. The Labute approximate surface area is 84.0 Å². The van der Waals surface area contributed by atoms with Crippen LogP contribution in [0, 0.1) is 0 Å². The molecule has 1 atom stereocenters. The monoisotopic (exact) mass is 203 g/mol. The van der Waals surface area contributed by atoms with Gasteiger partial charge in [0.1, 0.15) is 0 Å². The lowest BCUT2D eigenvalue weighted by Gasteiger charge is -2.10. The molecule has 0 spiro atoms. The molecule has 1 fully saturated rings. The molecule has 1 unspecified atom stereocenters. The zero-order valence-electron chi connectivity index (χ0n) is 8.07. The summed E-state index contributed by atoms with van der Waals surface area (Å²) in [6, 6.07) is 0. The predicted molar refractivity (Wildman–Crippen MR) is 54.5 cm³/mol. The van der Waals surface area contributed by atoms with Gasteiger partial charge in [0.05, 0.1) is 6.10 Å². The van der Waals surface area contributed by atoms with E-state index in [0.717, 1.165) is 31.7 Å². The van der Waals surface area contributed by atoms with Gasteiger partial charge in [0.2, 0.25) is 6.41 Å². The first-order chi connectivity index (χ1) is 6.36. The first kappa shape index (κ1) is 10.9. The van der Waals surface area contributed by atoms with E-state index in [-0.39, 0.29) is 6.10 Å². The molecular weight excluding hydrogens is 186 g/mol. The molecule has 1 rings (SSSR count). The second kappa shape index (κ2) is 6.27. The highest BCUT2D eigenvalue weighted by Crippen LogP contribution is 2.17. The van der Waals surface area contributed by atoms with Gasteiger partial charge in [-0.3, -0.25) is 4.79 Å². The van der Waals surface area contributed by atoms with Crippen LogP contribution < -0.4 is 0 Å². The Hall–Kier alpha value is -0.220. The van der Waals surface area contributed by atoms with E-state index in [1.165, 1.54) is 12.8 Å². The van der Waals surface area contributed by atoms with Gasteiger partial charge in [0, 0.05) is 18.8 Å². The Morgan fingerprint density at radius 2 is 2.54 bits per heavy atom. The second-order valence-corrected chi connectivity index (χ2v) is 4.12. The average Bonchev–Trinajstić information content (AvgIpc) is 2.60. The topological polar surface area (TPSA) is 29.5 Å². The number of hydrogen-bond acceptors (Lipinski definition) is 3. The SMILES string of the molecule is CCCCSOC1CCN(C=O)C1. The number of amides is 1. The summed E-state index contributed by atoms with van der Waals surface area (Å²) >= 11 is 1.55. The first-order valence-electron chi connectivity index (χ1n) is 4.84. The third-order valence-electron chi connectivity index (χ3n) is 2.11. The Balaban J connectivity index is 2.00. The molecule has 0 aromatic heterocycles. The van der Waals surface area contributed by atoms with Crippen LogP contribution in [0.3, 0.4) is 0 Å². The number of carbonyl (C=O) groups excluding carboxylic acids is 1. The van der Waals surface area contributed by atoms with E-state index in [2.05, 4.69) is 6.92 Å². The number of hydrogen-bond donors (Lipinski definition) is 0. The summed E-state index contributed by atoms with van der Waals surface area (Å²) in [5.74, 6) is 1.06. The summed E-state index contributed by atoms with van der Waals surface area (Å²) in [6.45, 7) is 3.79. The van der Waals surface area contributed by atoms with Crippen molar-refractivity contribution in [2.24, 2.45) is 0 Å². The Morgan fingerprint density at radius 1 is 1.69 bits per heavy atom. The lowest BCUT2D eigenvalue weighted by molar-refractivity contribution is -0.117. The summed E-state index contributed by atoms with van der Waals surface area (Å²) in [6.07, 6.45) is 4.56. The molecule has 1 saturated heterocycles. The van der Waals surface area contributed by atoms with Crippen LogP contribution in [0.4, 0.5) is 0 Å². The first-order valence-corrected chi connectivity index (χ1v) is 5.75. The van der Waals surface area contributed by atoms with E-state index in [1.807, 2.05) is 0 Å². The van der Waals surface area contributed by atoms with E-state index >= 15 is 0 Å². The van der Waals surface area contributed by atoms with E-state index in [9.17, 15) is 4.79 Å². The predicted octanol–water partition coefficient (Wildman–Crippen LogP) is 1.68. The molecule has 1 heterocycles. The maximum Gasteiger partial charge on any atom is 0.209 e. The molecule has 1 aliphatic heterocycles. The quantitative estimate of drug-likeness (QED) is 0.374. The van der Waals surface area contributed by atoms with Gasteiger partial charge in [-0.2, -0.15) is 0 Å². The van der Waals surface area contributed by atoms with Gasteiger partial charge in [-0.15, -0.1) is 0 Å². The summed E-state index contributed by atoms with van der Waals surface area (Å²) in [5, 5.41) is 0. The standard InChI is InChI=1S/C9H17NO2S/c1-2-3-6-13-12-9-4-5-10(7-9)8-11/h8-9H,2-7H2,1H3. The highest BCUT2D eigenvalue weighted by atomic mass is 32.2. The zero-order valence-corrected chi connectivity index (χ0v) is 8.89. The smallest absolute Gasteiger partial charge is 0.209 e. The van der Waals surface area contributed by atoms with Crippen LogP contribution in [0.1, 0.15) is 26.2 Å². The molecule has 0 aromatic carbocycles. The molecule has 0 radical (unpaired) electrons. The third kappa shape index (κ3) is 4.00. The van der Waals surface area contributed by atoms with Crippen molar-refractivity contribution in [3.63, 3.8) is 0 Å². The van der Waals surface area contributed by atoms with Crippen molar-refractivity contribution in [1.29, 1.82) is 0 Å². The van der Waals surface area contributed by atoms with Gasteiger partial charge in [-0.05, 0) is 24.9 Å². The molecule has 4 heteroatoms. The van der Waals surface area contributed by atoms with Gasteiger partial charge in [0.25, 0.3) is 0 Å². The largest absolute Gasteiger partial charge is 0.343 e. The molecule has 0 aliphatic carbocycles. The molecule has 3 nitrogen and oxygen atoms in total. The number of likely N-dealkylation sites (tertiary alicyclic amines) is 1. The molecule has 0 bridgehead atoms. The molecular formula is C9H17NO2S. The van der Waals surface area contributed by atoms with Crippen LogP contribution in [-0.4, -0.2) is 36.3 Å². The van der Waals surface area contributed by atoms with Crippen molar-refractivity contribution in [2.45, 2.75) is 32.3 Å². The maximum atomic E-state index is 10.4. The van der Waals surface area contributed by atoms with Crippen molar-refractivity contribution in [3.05, 3.63) is 0 Å². The Morgan fingerprint density at radius 3 is 3.15 bits per heavy atom. The van der Waals surface area contributed by atoms with E-state index in [0.29, 0.717) is 0 Å². The van der Waals surface area contributed by atoms with Gasteiger partial charge in [-0.25, -0.2) is 0 Å². The molecule has 0 saturated carbocycles. The van der Waals surface area contributed by atoms with Crippen LogP contribution >= 0.6 is 12.0 Å². The Bertz CT molecular complexity index is 155. The van der Waals surface area contributed by atoms with Crippen molar-refractivity contribution in [3.8, 4) is 0 Å². The van der Waals surface area contributed by atoms with Crippen molar-refractivity contribution >= 4 is 18.5 Å². The third-order valence-corrected chi connectivity index (χ3v) is 2.97. The van der Waals surface area contributed by atoms with E-state index < -0.39 is 0 Å². The number of rotatable bonds is 6. The molecule has 1 aliphatic rings. The highest BCUT2D eigenvalue weighted by molar-refractivity contribution is 7.94. The fourth-order valence-electron chi connectivity index (χ4n) is 1.28. The fourth-order valence-corrected chi connectivity index (χ4v) is 2.13. The van der Waals surface area contributed by atoms with E-state index in [1.54, 1.807) is 16.9 Å². The highest BCUT2D eigenvalue weighted by Gasteiger charge is 2.21. The van der Waals surface area contributed by atoms with Gasteiger partial charge in [-0.1, -0.05) is 13.3 Å². The van der Waals surface area contributed by atoms with Crippen LogP contribution in [0.15, 0.2) is 0 Å². The summed E-state index contributed by atoms with van der Waals surface area (Å²) in [4.78, 5) is 12.2. The van der Waals surface area contributed by atoms with Crippen LogP contribution in [-0.2, 0) is 8.98 Å². The molecule has 0 aromatic rings. The number of nitrogens with zero attached hydrogens (tertiary/aromatic N) is 1. The van der Waals surface area contributed by atoms with Crippen molar-refractivity contribution < 1.29 is 8.98 Å². The molecule has 1 amide bonds. The average molecular weight is 203 g/mol. The van der Waals surface area contributed by atoms with Gasteiger partial charge < -0.3 is 9.08 Å². The summed E-state index contributed by atoms with van der Waals surface area (Å²) in [5.41, 5.74) is 0. The van der Waals surface area contributed by atoms with Crippen molar-refractivity contribution in [2.75, 3.05) is 18.8 Å². The minimum Gasteiger partial charge on any atom is -0.343 e.